The first-order chi connectivity index (χ1) is 10.4. The van der Waals surface area contributed by atoms with E-state index in [-0.39, 0.29) is 23.7 Å². The number of nitrogens with zero attached hydrogens (tertiary/aromatic N) is 2. The van der Waals surface area contributed by atoms with Gasteiger partial charge in [0, 0.05) is 12.7 Å². The molecule has 1 aromatic rings. The average Bonchev–Trinajstić information content (AvgIpc) is 2.48. The van der Waals surface area contributed by atoms with Crippen LogP contribution < -0.4 is 4.74 Å². The van der Waals surface area contributed by atoms with Crippen molar-refractivity contribution in [3.05, 3.63) is 53.8 Å². The quantitative estimate of drug-likeness (QED) is 0.608. The highest BCUT2D eigenvalue weighted by Gasteiger charge is 2.30. The van der Waals surface area contributed by atoms with Gasteiger partial charge >= 0.3 is 5.97 Å². The van der Waals surface area contributed by atoms with Crippen LogP contribution in [0.2, 0.25) is 0 Å². The Morgan fingerprint density at radius 3 is 2.73 bits per heavy atom. The molecule has 2 heterocycles. The Hall–Kier alpha value is -2.41. The van der Waals surface area contributed by atoms with Crippen LogP contribution in [-0.2, 0) is 14.8 Å². The van der Waals surface area contributed by atoms with E-state index in [1.54, 1.807) is 29.3 Å². The lowest BCUT2D eigenvalue weighted by Crippen LogP contribution is -2.40. The summed E-state index contributed by atoms with van der Waals surface area (Å²) in [5.74, 6) is -0.182. The molecule has 3 rings (SSSR count). The van der Waals surface area contributed by atoms with E-state index in [1.807, 2.05) is 19.1 Å². The maximum atomic E-state index is 12.3. The van der Waals surface area contributed by atoms with Crippen molar-refractivity contribution >= 4 is 21.8 Å². The number of hydrogen-bond donors (Lipinski definition) is 0. The van der Waals surface area contributed by atoms with Gasteiger partial charge in [0.25, 0.3) is 10.0 Å². The third-order valence-electron chi connectivity index (χ3n) is 3.31. The summed E-state index contributed by atoms with van der Waals surface area (Å²) in [6, 6.07) is 7.02. The van der Waals surface area contributed by atoms with Gasteiger partial charge in [-0.15, -0.1) is 4.40 Å². The Labute approximate surface area is 128 Å². The monoisotopic (exact) mass is 318 g/mol. The van der Waals surface area contributed by atoms with E-state index in [4.69, 9.17) is 4.74 Å². The van der Waals surface area contributed by atoms with Crippen LogP contribution >= 0.6 is 0 Å². The van der Waals surface area contributed by atoms with Crippen LogP contribution in [0, 0.1) is 6.92 Å². The minimum atomic E-state index is -3.53. The summed E-state index contributed by atoms with van der Waals surface area (Å²) in [6.07, 6.45) is 4.87. The molecule has 0 fully saturated rings. The topological polar surface area (TPSA) is 76.0 Å². The van der Waals surface area contributed by atoms with Gasteiger partial charge in [-0.2, -0.15) is 0 Å². The molecule has 1 aromatic carbocycles. The van der Waals surface area contributed by atoms with Gasteiger partial charge < -0.3 is 9.64 Å². The molecule has 0 spiro atoms. The van der Waals surface area contributed by atoms with Crippen molar-refractivity contribution in [1.82, 2.24) is 4.90 Å². The number of carbonyl (C=O) groups excluding carboxylic acids is 1. The van der Waals surface area contributed by atoms with Crippen molar-refractivity contribution in [2.75, 3.05) is 12.3 Å². The molecule has 22 heavy (non-hydrogen) atoms. The SMILES string of the molecule is Cc1ccc(OC(=O)C2=CC=CN3CCS(=O)(=O)N=C23)cc1. The van der Waals surface area contributed by atoms with Crippen molar-refractivity contribution in [1.29, 1.82) is 0 Å². The summed E-state index contributed by atoms with van der Waals surface area (Å²) in [4.78, 5) is 13.9. The molecule has 2 aliphatic heterocycles. The van der Waals surface area contributed by atoms with Gasteiger partial charge in [0.15, 0.2) is 5.84 Å². The lowest BCUT2D eigenvalue weighted by atomic mass is 10.1. The fourth-order valence-corrected chi connectivity index (χ4v) is 3.13. The molecule has 6 nitrogen and oxygen atoms in total. The predicted octanol–water partition coefficient (Wildman–Crippen LogP) is 1.40. The number of sulfonamides is 1. The largest absolute Gasteiger partial charge is 0.423 e. The minimum absolute atomic E-state index is 0.0683. The molecule has 0 aromatic heterocycles. The van der Waals surface area contributed by atoms with Crippen LogP contribution in [0.15, 0.2) is 52.6 Å². The zero-order valence-electron chi connectivity index (χ0n) is 11.9. The molecule has 0 saturated heterocycles. The maximum Gasteiger partial charge on any atom is 0.347 e. The molecule has 0 atom stereocenters. The highest BCUT2D eigenvalue weighted by atomic mass is 32.2. The summed E-state index contributed by atoms with van der Waals surface area (Å²) >= 11 is 0. The van der Waals surface area contributed by atoms with E-state index >= 15 is 0 Å². The molecule has 0 unspecified atom stereocenters. The first-order valence-corrected chi connectivity index (χ1v) is 8.32. The number of amidine groups is 1. The lowest BCUT2D eigenvalue weighted by molar-refractivity contribution is -0.129. The van der Waals surface area contributed by atoms with Crippen LogP contribution in [0.3, 0.4) is 0 Å². The number of aryl methyl sites for hydroxylation is 1. The van der Waals surface area contributed by atoms with E-state index in [1.165, 1.54) is 6.08 Å². The van der Waals surface area contributed by atoms with Crippen LogP contribution in [-0.4, -0.2) is 37.4 Å². The minimum Gasteiger partial charge on any atom is -0.423 e. The molecular weight excluding hydrogens is 304 g/mol. The van der Waals surface area contributed by atoms with E-state index in [9.17, 15) is 13.2 Å². The summed E-state index contributed by atoms with van der Waals surface area (Å²) < 4.78 is 32.3. The standard InChI is InChI=1S/C15H14N2O4S/c1-11-4-6-12(7-5-11)21-15(18)13-3-2-8-17-9-10-22(19,20)16-14(13)17/h2-8H,9-10H2,1H3. The summed E-state index contributed by atoms with van der Waals surface area (Å²) in [6.45, 7) is 2.20. The Balaban J connectivity index is 1.88. The zero-order chi connectivity index (χ0) is 15.7. The van der Waals surface area contributed by atoms with Crippen molar-refractivity contribution in [3.63, 3.8) is 0 Å². The van der Waals surface area contributed by atoms with Crippen LogP contribution in [0.4, 0.5) is 0 Å². The van der Waals surface area contributed by atoms with Crippen LogP contribution in [0.1, 0.15) is 5.56 Å². The van der Waals surface area contributed by atoms with E-state index < -0.39 is 16.0 Å². The molecule has 0 bridgehead atoms. The number of carbonyl (C=O) groups is 1. The second kappa shape index (κ2) is 5.42. The fraction of sp³-hybridized carbons (Fsp3) is 0.200. The zero-order valence-corrected chi connectivity index (χ0v) is 12.7. The van der Waals surface area contributed by atoms with Gasteiger partial charge in [-0.3, -0.25) is 0 Å². The van der Waals surface area contributed by atoms with Crippen LogP contribution in [0.5, 0.6) is 5.75 Å². The highest BCUT2D eigenvalue weighted by Crippen LogP contribution is 2.20. The second-order valence-corrected chi connectivity index (χ2v) is 6.77. The predicted molar refractivity (Wildman–Crippen MR) is 82.0 cm³/mol. The lowest BCUT2D eigenvalue weighted by Gasteiger charge is -2.28. The Kier molecular flexibility index (Phi) is 3.58. The van der Waals surface area contributed by atoms with Gasteiger partial charge in [0.1, 0.15) is 11.3 Å². The number of esters is 1. The van der Waals surface area contributed by atoms with Crippen molar-refractivity contribution in [2.45, 2.75) is 6.92 Å². The van der Waals surface area contributed by atoms with Crippen molar-refractivity contribution in [2.24, 2.45) is 4.40 Å². The fourth-order valence-electron chi connectivity index (χ4n) is 2.14. The molecule has 2 aliphatic rings. The van der Waals surface area contributed by atoms with Gasteiger partial charge in [0.05, 0.1) is 5.75 Å². The normalized spacial score (nSPS) is 19.0. The summed E-state index contributed by atoms with van der Waals surface area (Å²) in [7, 11) is -3.53. The van der Waals surface area contributed by atoms with E-state index in [0.29, 0.717) is 5.75 Å². The molecule has 0 saturated carbocycles. The third-order valence-corrected chi connectivity index (χ3v) is 4.46. The Morgan fingerprint density at radius 2 is 2.00 bits per heavy atom. The molecular formula is C15H14N2O4S. The summed E-state index contributed by atoms with van der Waals surface area (Å²) in [5.41, 5.74) is 1.18. The van der Waals surface area contributed by atoms with Crippen molar-refractivity contribution in [3.8, 4) is 5.75 Å². The third kappa shape index (κ3) is 2.94. The van der Waals surface area contributed by atoms with E-state index in [2.05, 4.69) is 4.40 Å². The average molecular weight is 318 g/mol. The van der Waals surface area contributed by atoms with Gasteiger partial charge in [0.2, 0.25) is 0 Å². The first-order valence-electron chi connectivity index (χ1n) is 6.72. The number of benzene rings is 1. The number of ether oxygens (including phenoxy) is 1. The van der Waals surface area contributed by atoms with Gasteiger partial charge in [-0.25, -0.2) is 13.2 Å². The number of allylic oxidation sites excluding steroid dienone is 2. The molecule has 0 amide bonds. The molecule has 0 N–H and O–H groups in total. The van der Waals surface area contributed by atoms with Crippen LogP contribution in [0.25, 0.3) is 0 Å². The molecule has 114 valence electrons. The number of fused-ring (bicyclic) bond motifs is 1. The first kappa shape index (κ1) is 14.5. The van der Waals surface area contributed by atoms with Gasteiger partial charge in [-0.1, -0.05) is 17.7 Å². The van der Waals surface area contributed by atoms with E-state index in [0.717, 1.165) is 5.56 Å². The Morgan fingerprint density at radius 1 is 1.27 bits per heavy atom. The van der Waals surface area contributed by atoms with Gasteiger partial charge in [-0.05, 0) is 31.2 Å². The second-order valence-electron chi connectivity index (χ2n) is 5.02. The number of hydrogen-bond acceptors (Lipinski definition) is 5. The van der Waals surface area contributed by atoms with Crippen molar-refractivity contribution < 1.29 is 17.9 Å². The Bertz CT molecular complexity index is 804. The highest BCUT2D eigenvalue weighted by molar-refractivity contribution is 7.90. The molecule has 7 heteroatoms. The molecule has 0 aliphatic carbocycles. The smallest absolute Gasteiger partial charge is 0.347 e. The summed E-state index contributed by atoms with van der Waals surface area (Å²) in [5, 5.41) is 0. The molecule has 0 radical (unpaired) electrons. The maximum absolute atomic E-state index is 12.3. The number of rotatable bonds is 2.